The molecule has 2 heterocycles. The monoisotopic (exact) mass is 460 g/mol. The number of hydrogen-bond acceptors (Lipinski definition) is 5. The normalized spacial score (nSPS) is 16.1. The van der Waals surface area contributed by atoms with Gasteiger partial charge in [-0.1, -0.05) is 53.2 Å². The van der Waals surface area contributed by atoms with E-state index in [1.54, 1.807) is 0 Å². The van der Waals surface area contributed by atoms with E-state index >= 15 is 0 Å². The maximum atomic E-state index is 13.7. The molecule has 1 fully saturated rings. The van der Waals surface area contributed by atoms with Crippen molar-refractivity contribution < 1.29 is 9.32 Å². The van der Waals surface area contributed by atoms with Crippen LogP contribution in [0.4, 0.5) is 5.88 Å². The number of amides is 1. The van der Waals surface area contributed by atoms with Crippen molar-refractivity contribution in [3.05, 3.63) is 71.3 Å². The van der Waals surface area contributed by atoms with Crippen LogP contribution >= 0.6 is 0 Å². The molecular formula is C28H36N4O2. The van der Waals surface area contributed by atoms with Gasteiger partial charge in [0.15, 0.2) is 0 Å². The van der Waals surface area contributed by atoms with Crippen molar-refractivity contribution in [3.63, 3.8) is 0 Å². The van der Waals surface area contributed by atoms with Crippen LogP contribution in [0.3, 0.4) is 0 Å². The Hall–Kier alpha value is -3.12. The molecule has 1 amide bonds. The predicted octanol–water partition coefficient (Wildman–Crippen LogP) is 5.23. The maximum absolute atomic E-state index is 13.7. The van der Waals surface area contributed by atoms with Crippen molar-refractivity contribution in [2.45, 2.75) is 45.7 Å². The molecule has 1 aromatic heterocycles. The molecule has 0 aliphatic carbocycles. The number of carbonyl (C=O) groups is 1. The average Bonchev–Trinajstić information content (AvgIpc) is 3.25. The van der Waals surface area contributed by atoms with Crippen molar-refractivity contribution >= 4 is 11.8 Å². The fraction of sp³-hybridized carbons (Fsp3) is 0.429. The number of hydrogen-bond donors (Lipinski definition) is 0. The lowest BCUT2D eigenvalue weighted by atomic mass is 10.0. The quantitative estimate of drug-likeness (QED) is 0.461. The minimum absolute atomic E-state index is 0.0309. The molecule has 0 radical (unpaired) electrons. The summed E-state index contributed by atoms with van der Waals surface area (Å²) in [7, 11) is 4.07. The van der Waals surface area contributed by atoms with Gasteiger partial charge in [0.2, 0.25) is 5.88 Å². The molecule has 0 N–H and O–H groups in total. The smallest absolute Gasteiger partial charge is 0.254 e. The summed E-state index contributed by atoms with van der Waals surface area (Å²) in [6.07, 6.45) is 3.50. The minimum Gasteiger partial charge on any atom is -0.338 e. The Kier molecular flexibility index (Phi) is 7.68. The third-order valence-corrected chi connectivity index (χ3v) is 6.60. The number of anilines is 1. The highest BCUT2D eigenvalue weighted by molar-refractivity contribution is 5.94. The summed E-state index contributed by atoms with van der Waals surface area (Å²) in [6.45, 7) is 7.06. The lowest BCUT2D eigenvalue weighted by molar-refractivity contribution is 0.0732. The standard InChI is InChI=1S/C28H36N4O2/c1-21-11-10-15-24(19-21)27(33)31(18-17-30(3)4)20-25-26(23-13-6-5-7-14-23)29-34-28(25)32-16-9-8-12-22(32)2/h5-7,10-11,13-15,19,22H,8-9,12,16-18,20H2,1-4H3/t22-/m1/s1. The fourth-order valence-corrected chi connectivity index (χ4v) is 4.62. The Morgan fingerprint density at radius 1 is 1.09 bits per heavy atom. The summed E-state index contributed by atoms with van der Waals surface area (Å²) in [5, 5.41) is 4.53. The fourth-order valence-electron chi connectivity index (χ4n) is 4.62. The summed E-state index contributed by atoms with van der Waals surface area (Å²) in [5.74, 6) is 0.835. The Bertz CT molecular complexity index is 1090. The Morgan fingerprint density at radius 3 is 2.59 bits per heavy atom. The van der Waals surface area contributed by atoms with E-state index in [1.807, 2.05) is 68.4 Å². The molecule has 4 rings (SSSR count). The van der Waals surface area contributed by atoms with Gasteiger partial charge in [-0.2, -0.15) is 0 Å². The lowest BCUT2D eigenvalue weighted by Gasteiger charge is -2.34. The summed E-state index contributed by atoms with van der Waals surface area (Å²) < 4.78 is 6.02. The van der Waals surface area contributed by atoms with Crippen molar-refractivity contribution in [2.75, 3.05) is 38.6 Å². The highest BCUT2D eigenvalue weighted by Crippen LogP contribution is 2.35. The zero-order valence-electron chi connectivity index (χ0n) is 20.8. The molecule has 0 spiro atoms. The molecule has 6 heteroatoms. The van der Waals surface area contributed by atoms with E-state index < -0.39 is 0 Å². The van der Waals surface area contributed by atoms with Gasteiger partial charge in [-0.05, 0) is 59.3 Å². The van der Waals surface area contributed by atoms with E-state index in [9.17, 15) is 4.79 Å². The minimum atomic E-state index is 0.0309. The molecule has 3 aromatic rings. The predicted molar refractivity (Wildman–Crippen MR) is 137 cm³/mol. The van der Waals surface area contributed by atoms with E-state index in [0.717, 1.165) is 54.2 Å². The molecule has 34 heavy (non-hydrogen) atoms. The molecule has 6 nitrogen and oxygen atoms in total. The first-order chi connectivity index (χ1) is 16.4. The van der Waals surface area contributed by atoms with Gasteiger partial charge in [-0.25, -0.2) is 0 Å². The molecule has 1 saturated heterocycles. The van der Waals surface area contributed by atoms with Crippen LogP contribution in [0, 0.1) is 6.92 Å². The summed E-state index contributed by atoms with van der Waals surface area (Å²) in [5.41, 5.74) is 4.60. The van der Waals surface area contributed by atoms with Gasteiger partial charge in [0.05, 0.1) is 12.1 Å². The Morgan fingerprint density at radius 2 is 1.88 bits per heavy atom. The lowest BCUT2D eigenvalue weighted by Crippen LogP contribution is -2.39. The number of carbonyl (C=O) groups excluding carboxylic acids is 1. The number of rotatable bonds is 8. The van der Waals surface area contributed by atoms with Crippen molar-refractivity contribution in [1.29, 1.82) is 0 Å². The van der Waals surface area contributed by atoms with Crippen LogP contribution in [0.25, 0.3) is 11.3 Å². The second-order valence-corrected chi connectivity index (χ2v) is 9.62. The highest BCUT2D eigenvalue weighted by atomic mass is 16.5. The van der Waals surface area contributed by atoms with E-state index in [2.05, 4.69) is 34.0 Å². The zero-order chi connectivity index (χ0) is 24.1. The van der Waals surface area contributed by atoms with E-state index in [0.29, 0.717) is 24.7 Å². The van der Waals surface area contributed by atoms with Crippen LogP contribution in [-0.4, -0.2) is 60.6 Å². The van der Waals surface area contributed by atoms with Gasteiger partial charge in [-0.15, -0.1) is 0 Å². The Balaban J connectivity index is 1.74. The first-order valence-corrected chi connectivity index (χ1v) is 12.3. The summed E-state index contributed by atoms with van der Waals surface area (Å²) in [6, 6.07) is 18.3. The van der Waals surface area contributed by atoms with Crippen molar-refractivity contribution in [1.82, 2.24) is 15.0 Å². The first kappa shape index (κ1) is 24.0. The number of piperidine rings is 1. The molecule has 0 unspecified atom stereocenters. The summed E-state index contributed by atoms with van der Waals surface area (Å²) in [4.78, 5) is 20.1. The van der Waals surface area contributed by atoms with Gasteiger partial charge in [0, 0.05) is 36.8 Å². The number of aryl methyl sites for hydroxylation is 1. The SMILES string of the molecule is Cc1cccc(C(=O)N(CCN(C)C)Cc2c(-c3ccccc3)noc2N2CCCC[C@H]2C)c1. The number of benzene rings is 2. The van der Waals surface area contributed by atoms with Crippen LogP contribution in [0.5, 0.6) is 0 Å². The molecule has 1 aliphatic rings. The maximum Gasteiger partial charge on any atom is 0.254 e. The Labute approximate surface area is 203 Å². The van der Waals surface area contributed by atoms with Crippen molar-refractivity contribution in [2.24, 2.45) is 0 Å². The zero-order valence-corrected chi connectivity index (χ0v) is 20.8. The summed E-state index contributed by atoms with van der Waals surface area (Å²) >= 11 is 0. The largest absolute Gasteiger partial charge is 0.338 e. The van der Waals surface area contributed by atoms with Crippen molar-refractivity contribution in [3.8, 4) is 11.3 Å². The van der Waals surface area contributed by atoms with Gasteiger partial charge < -0.3 is 19.2 Å². The third-order valence-electron chi connectivity index (χ3n) is 6.60. The number of nitrogens with zero attached hydrogens (tertiary/aromatic N) is 4. The molecule has 2 aromatic carbocycles. The molecule has 1 aliphatic heterocycles. The molecule has 0 bridgehead atoms. The van der Waals surface area contributed by atoms with Gasteiger partial charge >= 0.3 is 0 Å². The van der Waals surface area contributed by atoms with E-state index in [4.69, 9.17) is 4.52 Å². The topological polar surface area (TPSA) is 52.8 Å². The molecular weight excluding hydrogens is 424 g/mol. The van der Waals surface area contributed by atoms with Crippen LogP contribution < -0.4 is 4.90 Å². The average molecular weight is 461 g/mol. The third kappa shape index (κ3) is 5.50. The van der Waals surface area contributed by atoms with Crippen LogP contribution in [0.2, 0.25) is 0 Å². The molecule has 1 atom stereocenters. The van der Waals surface area contributed by atoms with Crippen LogP contribution in [-0.2, 0) is 6.54 Å². The van der Waals surface area contributed by atoms with E-state index in [1.165, 1.54) is 6.42 Å². The molecule has 180 valence electrons. The molecule has 0 saturated carbocycles. The van der Waals surface area contributed by atoms with Crippen LogP contribution in [0.15, 0.2) is 59.1 Å². The van der Waals surface area contributed by atoms with Gasteiger partial charge in [-0.3, -0.25) is 4.79 Å². The second-order valence-electron chi connectivity index (χ2n) is 9.62. The highest BCUT2D eigenvalue weighted by Gasteiger charge is 2.30. The van der Waals surface area contributed by atoms with Gasteiger partial charge in [0.25, 0.3) is 5.91 Å². The number of likely N-dealkylation sites (N-methyl/N-ethyl adjacent to an activating group) is 1. The first-order valence-electron chi connectivity index (χ1n) is 12.3. The van der Waals surface area contributed by atoms with E-state index in [-0.39, 0.29) is 5.91 Å². The van der Waals surface area contributed by atoms with Crippen LogP contribution in [0.1, 0.15) is 47.7 Å². The number of aromatic nitrogens is 1. The van der Waals surface area contributed by atoms with Gasteiger partial charge in [0.1, 0.15) is 5.69 Å². The second kappa shape index (κ2) is 10.9.